The van der Waals surface area contributed by atoms with Crippen molar-refractivity contribution in [2.75, 3.05) is 0 Å². The van der Waals surface area contributed by atoms with E-state index in [1.54, 1.807) is 0 Å². The number of rotatable bonds is 1. The van der Waals surface area contributed by atoms with Crippen molar-refractivity contribution in [3.63, 3.8) is 0 Å². The van der Waals surface area contributed by atoms with Crippen LogP contribution < -0.4 is 0 Å². The minimum Gasteiger partial charge on any atom is -0.274 e. The normalized spacial score (nSPS) is 10.9. The molecule has 0 saturated carbocycles. The van der Waals surface area contributed by atoms with Crippen LogP contribution in [0.15, 0.2) is 12.1 Å². The van der Waals surface area contributed by atoms with Crippen molar-refractivity contribution >= 4 is 16.8 Å². The maximum absolute atomic E-state index is 12.2. The number of nitrogens with zero attached hydrogens (tertiary/aromatic N) is 2. The number of hydrogen-bond donors (Lipinski definition) is 0. The highest BCUT2D eigenvalue weighted by Gasteiger charge is 2.33. The lowest BCUT2D eigenvalue weighted by Crippen LogP contribution is -2.11. The van der Waals surface area contributed by atoms with Crippen LogP contribution >= 0.6 is 11.6 Å². The number of carbonyl (C=O) groups excluding carboxylic acids is 1. The van der Waals surface area contributed by atoms with Gasteiger partial charge in [-0.05, 0) is 23.7 Å². The lowest BCUT2D eigenvalue weighted by atomic mass is 10.2. The molecule has 15 heavy (non-hydrogen) atoms. The Bertz CT molecular complexity index is 450. The van der Waals surface area contributed by atoms with E-state index in [-0.39, 0.29) is 5.56 Å². The molecule has 0 aliphatic rings. The number of nitriles is 1. The predicted molar refractivity (Wildman–Crippen MR) is 44.1 cm³/mol. The summed E-state index contributed by atoms with van der Waals surface area (Å²) in [5.41, 5.74) is -2.23. The van der Waals surface area contributed by atoms with Crippen molar-refractivity contribution in [1.29, 1.82) is 5.26 Å². The van der Waals surface area contributed by atoms with Gasteiger partial charge in [0.05, 0.1) is 11.6 Å². The van der Waals surface area contributed by atoms with E-state index < -0.39 is 22.8 Å². The van der Waals surface area contributed by atoms with E-state index in [9.17, 15) is 18.0 Å². The number of pyridine rings is 1. The van der Waals surface area contributed by atoms with Gasteiger partial charge in [0.25, 0.3) is 5.24 Å². The molecule has 0 atom stereocenters. The maximum Gasteiger partial charge on any atom is 0.433 e. The molecule has 3 nitrogen and oxygen atoms in total. The summed E-state index contributed by atoms with van der Waals surface area (Å²) in [7, 11) is 0. The standard InChI is InChI=1S/C8H2ClF3N2O/c9-7(15)5-1-4(3-13)2-6(14-5)8(10,11)12/h1-2H. The van der Waals surface area contributed by atoms with Crippen LogP contribution in [0.4, 0.5) is 13.2 Å². The summed E-state index contributed by atoms with van der Waals surface area (Å²) in [6, 6.07) is 2.92. The molecule has 0 radical (unpaired) electrons. The molecule has 1 heterocycles. The van der Waals surface area contributed by atoms with Gasteiger partial charge in [0.15, 0.2) is 0 Å². The van der Waals surface area contributed by atoms with Gasteiger partial charge in [0.1, 0.15) is 11.4 Å². The van der Waals surface area contributed by atoms with Crippen molar-refractivity contribution in [1.82, 2.24) is 4.98 Å². The molecule has 0 N–H and O–H groups in total. The molecule has 0 saturated heterocycles. The number of aromatic nitrogens is 1. The van der Waals surface area contributed by atoms with Crippen LogP contribution in [-0.2, 0) is 6.18 Å². The smallest absolute Gasteiger partial charge is 0.274 e. The monoisotopic (exact) mass is 234 g/mol. The molecule has 1 aromatic heterocycles. The van der Waals surface area contributed by atoms with E-state index in [0.717, 1.165) is 6.07 Å². The topological polar surface area (TPSA) is 53.8 Å². The highest BCUT2D eigenvalue weighted by atomic mass is 35.5. The molecule has 0 amide bonds. The van der Waals surface area contributed by atoms with Gasteiger partial charge < -0.3 is 0 Å². The fourth-order valence-electron chi connectivity index (χ4n) is 0.841. The summed E-state index contributed by atoms with van der Waals surface area (Å²) in [6.45, 7) is 0. The molecule has 0 unspecified atom stereocenters. The molecule has 0 spiro atoms. The van der Waals surface area contributed by atoms with Crippen LogP contribution in [-0.4, -0.2) is 10.2 Å². The van der Waals surface area contributed by atoms with Crippen molar-refractivity contribution < 1.29 is 18.0 Å². The first-order valence-electron chi connectivity index (χ1n) is 3.54. The molecule has 0 bridgehead atoms. The molecule has 0 aromatic carbocycles. The second-order valence-corrected chi connectivity index (χ2v) is 2.85. The molecule has 78 valence electrons. The van der Waals surface area contributed by atoms with Gasteiger partial charge >= 0.3 is 6.18 Å². The Balaban J connectivity index is 3.38. The Morgan fingerprint density at radius 2 is 2.07 bits per heavy atom. The van der Waals surface area contributed by atoms with Gasteiger partial charge in [-0.1, -0.05) is 0 Å². The second kappa shape index (κ2) is 3.87. The second-order valence-electron chi connectivity index (χ2n) is 2.51. The fourth-order valence-corrected chi connectivity index (χ4v) is 0.938. The van der Waals surface area contributed by atoms with Crippen molar-refractivity contribution in [3.8, 4) is 6.07 Å². The molecule has 0 aliphatic heterocycles. The number of hydrogen-bond acceptors (Lipinski definition) is 3. The predicted octanol–water partition coefficient (Wildman–Crippen LogP) is 2.35. The summed E-state index contributed by atoms with van der Waals surface area (Å²) in [5.74, 6) is 0. The fraction of sp³-hybridized carbons (Fsp3) is 0.125. The zero-order chi connectivity index (χ0) is 11.6. The van der Waals surface area contributed by atoms with E-state index >= 15 is 0 Å². The van der Waals surface area contributed by atoms with E-state index in [2.05, 4.69) is 4.98 Å². The summed E-state index contributed by atoms with van der Waals surface area (Å²) in [6.07, 6.45) is -4.71. The van der Waals surface area contributed by atoms with Crippen molar-refractivity contribution in [2.24, 2.45) is 0 Å². The number of halogens is 4. The highest BCUT2D eigenvalue weighted by Crippen LogP contribution is 2.28. The quantitative estimate of drug-likeness (QED) is 0.701. The Morgan fingerprint density at radius 3 is 2.47 bits per heavy atom. The first-order chi connectivity index (χ1) is 6.84. The largest absolute Gasteiger partial charge is 0.433 e. The Morgan fingerprint density at radius 1 is 1.47 bits per heavy atom. The zero-order valence-corrected chi connectivity index (χ0v) is 7.73. The molecule has 7 heteroatoms. The van der Waals surface area contributed by atoms with Gasteiger partial charge in [-0.2, -0.15) is 18.4 Å². The lowest BCUT2D eigenvalue weighted by Gasteiger charge is -2.06. The van der Waals surface area contributed by atoms with Crippen LogP contribution in [0.5, 0.6) is 0 Å². The van der Waals surface area contributed by atoms with Crippen LogP contribution in [0, 0.1) is 11.3 Å². The van der Waals surface area contributed by atoms with Gasteiger partial charge in [0.2, 0.25) is 0 Å². The molecule has 0 aliphatic carbocycles. The Labute approximate surface area is 87.1 Å². The van der Waals surface area contributed by atoms with Crippen molar-refractivity contribution in [3.05, 3.63) is 29.1 Å². The minimum absolute atomic E-state index is 0.318. The van der Waals surface area contributed by atoms with Gasteiger partial charge in [0, 0.05) is 0 Å². The summed E-state index contributed by atoms with van der Waals surface area (Å²) in [5, 5.41) is 7.29. The van der Waals surface area contributed by atoms with E-state index in [1.807, 2.05) is 0 Å². The van der Waals surface area contributed by atoms with E-state index in [4.69, 9.17) is 16.9 Å². The number of alkyl halides is 3. The summed E-state index contributed by atoms with van der Waals surface area (Å²) in [4.78, 5) is 13.6. The molecule has 1 rings (SSSR count). The summed E-state index contributed by atoms with van der Waals surface area (Å²) >= 11 is 4.98. The van der Waals surface area contributed by atoms with Crippen LogP contribution in [0.2, 0.25) is 0 Å². The third-order valence-corrected chi connectivity index (χ3v) is 1.64. The van der Waals surface area contributed by atoms with Crippen LogP contribution in [0.1, 0.15) is 21.7 Å². The third kappa shape index (κ3) is 2.67. The average molecular weight is 235 g/mol. The van der Waals surface area contributed by atoms with E-state index in [0.29, 0.717) is 6.07 Å². The molecule has 1 aromatic rings. The summed E-state index contributed by atoms with van der Waals surface area (Å²) < 4.78 is 36.7. The third-order valence-electron chi connectivity index (χ3n) is 1.45. The molecular weight excluding hydrogens is 233 g/mol. The van der Waals surface area contributed by atoms with Crippen LogP contribution in [0.3, 0.4) is 0 Å². The molecule has 0 fully saturated rings. The maximum atomic E-state index is 12.2. The van der Waals surface area contributed by atoms with Gasteiger partial charge in [-0.15, -0.1) is 0 Å². The average Bonchev–Trinajstić information content (AvgIpc) is 2.15. The Hall–Kier alpha value is -1.61. The minimum atomic E-state index is -4.71. The SMILES string of the molecule is N#Cc1cc(C(=O)Cl)nc(C(F)(F)F)c1. The van der Waals surface area contributed by atoms with Gasteiger partial charge in [-0.25, -0.2) is 4.98 Å². The zero-order valence-electron chi connectivity index (χ0n) is 6.97. The van der Waals surface area contributed by atoms with Crippen molar-refractivity contribution in [2.45, 2.75) is 6.18 Å². The highest BCUT2D eigenvalue weighted by molar-refractivity contribution is 6.67. The first kappa shape index (κ1) is 11.5. The lowest BCUT2D eigenvalue weighted by molar-refractivity contribution is -0.141. The first-order valence-corrected chi connectivity index (χ1v) is 3.91. The molecular formula is C8H2ClF3N2O. The Kier molecular flexibility index (Phi) is 2.95. The van der Waals surface area contributed by atoms with E-state index in [1.165, 1.54) is 6.07 Å². The van der Waals surface area contributed by atoms with Crippen LogP contribution in [0.25, 0.3) is 0 Å². The van der Waals surface area contributed by atoms with Gasteiger partial charge in [-0.3, -0.25) is 4.79 Å². The number of carbonyl (C=O) groups is 1.